The van der Waals surface area contributed by atoms with E-state index in [0.29, 0.717) is 18.3 Å². The Hall–Kier alpha value is -0.610. The molecule has 1 aliphatic heterocycles. The van der Waals surface area contributed by atoms with Crippen molar-refractivity contribution in [1.82, 2.24) is 5.32 Å². The average molecular weight is 474 g/mol. The van der Waals surface area contributed by atoms with Crippen LogP contribution in [0.5, 0.6) is 0 Å². The lowest BCUT2D eigenvalue weighted by atomic mass is 9.49. The van der Waals surface area contributed by atoms with E-state index in [1.165, 1.54) is 62.7 Å². The number of amides is 1. The molecule has 1 N–H and O–H groups in total. The minimum absolute atomic E-state index is 0.203. The van der Waals surface area contributed by atoms with Crippen molar-refractivity contribution in [2.45, 2.75) is 108 Å². The SMILES string of the molecule is CC(C)c1ccc2c(c1)CC[C@H]1[C@](C)(CNC(=O)CCCC[C@H]3CCSS3)CCC[C@]21C. The number of nitrogens with one attached hydrogen (secondary N) is 1. The minimum Gasteiger partial charge on any atom is -0.356 e. The van der Waals surface area contributed by atoms with Crippen LogP contribution in [0.3, 0.4) is 0 Å². The Morgan fingerprint density at radius 2 is 2.03 bits per heavy atom. The molecule has 2 aliphatic carbocycles. The van der Waals surface area contributed by atoms with Gasteiger partial charge in [-0.1, -0.05) is 80.3 Å². The zero-order valence-electron chi connectivity index (χ0n) is 20.7. The van der Waals surface area contributed by atoms with Crippen LogP contribution in [-0.4, -0.2) is 23.5 Å². The van der Waals surface area contributed by atoms with Gasteiger partial charge in [-0.15, -0.1) is 0 Å². The Balaban J connectivity index is 1.34. The van der Waals surface area contributed by atoms with Crippen molar-refractivity contribution in [1.29, 1.82) is 0 Å². The summed E-state index contributed by atoms with van der Waals surface area (Å²) in [5.74, 6) is 2.81. The van der Waals surface area contributed by atoms with E-state index < -0.39 is 0 Å². The number of benzene rings is 1. The van der Waals surface area contributed by atoms with Crippen LogP contribution in [0, 0.1) is 11.3 Å². The van der Waals surface area contributed by atoms with E-state index in [1.807, 2.05) is 10.8 Å². The quantitative estimate of drug-likeness (QED) is 0.310. The number of unbranched alkanes of at least 4 members (excludes halogenated alkanes) is 1. The maximum absolute atomic E-state index is 12.6. The molecule has 32 heavy (non-hydrogen) atoms. The third-order valence-corrected chi connectivity index (χ3v) is 11.8. The highest BCUT2D eigenvalue weighted by molar-refractivity contribution is 8.77. The Labute approximate surface area is 204 Å². The number of hydrogen-bond acceptors (Lipinski definition) is 3. The van der Waals surface area contributed by atoms with E-state index in [0.717, 1.165) is 18.2 Å². The normalized spacial score (nSPS) is 31.9. The van der Waals surface area contributed by atoms with Gasteiger partial charge in [-0.05, 0) is 84.3 Å². The van der Waals surface area contributed by atoms with Crippen molar-refractivity contribution in [3.05, 3.63) is 34.9 Å². The summed E-state index contributed by atoms with van der Waals surface area (Å²) in [6.45, 7) is 10.4. The van der Waals surface area contributed by atoms with Gasteiger partial charge in [0.25, 0.3) is 0 Å². The number of carbonyl (C=O) groups excluding carboxylic acids is 1. The second kappa shape index (κ2) is 10.3. The number of aryl methyl sites for hydroxylation is 1. The van der Waals surface area contributed by atoms with Gasteiger partial charge in [0.05, 0.1) is 0 Å². The smallest absolute Gasteiger partial charge is 0.220 e. The molecule has 1 heterocycles. The molecule has 0 aromatic heterocycles. The monoisotopic (exact) mass is 473 g/mol. The first-order valence-corrected chi connectivity index (χ1v) is 15.4. The molecule has 4 heteroatoms. The topological polar surface area (TPSA) is 29.1 Å². The maximum Gasteiger partial charge on any atom is 0.220 e. The number of carbonyl (C=O) groups is 1. The zero-order chi connectivity index (χ0) is 22.8. The molecule has 0 bridgehead atoms. The lowest BCUT2D eigenvalue weighted by molar-refractivity contribution is -0.122. The van der Waals surface area contributed by atoms with Crippen molar-refractivity contribution >= 4 is 27.5 Å². The summed E-state index contributed by atoms with van der Waals surface area (Å²) in [7, 11) is 4.07. The van der Waals surface area contributed by atoms with Gasteiger partial charge in [0.2, 0.25) is 5.91 Å². The van der Waals surface area contributed by atoms with Crippen LogP contribution < -0.4 is 5.32 Å². The molecule has 0 radical (unpaired) electrons. The van der Waals surface area contributed by atoms with Gasteiger partial charge >= 0.3 is 0 Å². The van der Waals surface area contributed by atoms with Crippen molar-refractivity contribution < 1.29 is 4.79 Å². The molecule has 2 nitrogen and oxygen atoms in total. The van der Waals surface area contributed by atoms with E-state index in [9.17, 15) is 4.79 Å². The number of hydrogen-bond donors (Lipinski definition) is 1. The molecule has 3 aliphatic rings. The maximum atomic E-state index is 12.6. The van der Waals surface area contributed by atoms with Crippen LogP contribution in [0.25, 0.3) is 0 Å². The fourth-order valence-electron chi connectivity index (χ4n) is 6.83. The van der Waals surface area contributed by atoms with Crippen molar-refractivity contribution in [2.24, 2.45) is 11.3 Å². The van der Waals surface area contributed by atoms with E-state index in [1.54, 1.807) is 11.1 Å². The largest absolute Gasteiger partial charge is 0.356 e. The van der Waals surface area contributed by atoms with Crippen molar-refractivity contribution in [2.75, 3.05) is 12.3 Å². The highest BCUT2D eigenvalue weighted by Gasteiger charge is 2.51. The third-order valence-electron chi connectivity index (χ3n) is 8.76. The lowest BCUT2D eigenvalue weighted by Gasteiger charge is -2.55. The highest BCUT2D eigenvalue weighted by atomic mass is 33.1. The highest BCUT2D eigenvalue weighted by Crippen LogP contribution is 2.57. The molecule has 2 fully saturated rings. The molecule has 1 saturated carbocycles. The van der Waals surface area contributed by atoms with Crippen LogP contribution in [0.15, 0.2) is 18.2 Å². The second-order valence-electron chi connectivity index (χ2n) is 11.4. The first kappa shape index (κ1) is 24.5. The van der Waals surface area contributed by atoms with Gasteiger partial charge in [-0.3, -0.25) is 4.79 Å². The summed E-state index contributed by atoms with van der Waals surface area (Å²) in [6.07, 6.45) is 11.8. The van der Waals surface area contributed by atoms with Gasteiger partial charge in [-0.25, -0.2) is 0 Å². The lowest BCUT2D eigenvalue weighted by Crippen LogP contribution is -2.53. The van der Waals surface area contributed by atoms with E-state index in [2.05, 4.69) is 62.0 Å². The molecule has 178 valence electrons. The Morgan fingerprint density at radius 3 is 2.78 bits per heavy atom. The molecule has 4 rings (SSSR count). The summed E-state index contributed by atoms with van der Waals surface area (Å²) >= 11 is 0. The molecule has 1 aromatic carbocycles. The molecule has 4 atom stereocenters. The van der Waals surface area contributed by atoms with Gasteiger partial charge in [0.1, 0.15) is 0 Å². The summed E-state index contributed by atoms with van der Waals surface area (Å²) < 4.78 is 0. The van der Waals surface area contributed by atoms with Gasteiger partial charge in [-0.2, -0.15) is 0 Å². The second-order valence-corrected chi connectivity index (χ2v) is 14.2. The molecular formula is C28H43NOS2. The molecule has 1 amide bonds. The predicted octanol–water partition coefficient (Wildman–Crippen LogP) is 7.65. The summed E-state index contributed by atoms with van der Waals surface area (Å²) in [5.41, 5.74) is 5.11. The first-order valence-electron chi connectivity index (χ1n) is 13.0. The fourth-order valence-corrected chi connectivity index (χ4v) is 9.85. The Morgan fingerprint density at radius 1 is 1.19 bits per heavy atom. The number of rotatable bonds is 8. The Bertz CT molecular complexity index is 803. The fraction of sp³-hybridized carbons (Fsp3) is 0.750. The zero-order valence-corrected chi connectivity index (χ0v) is 22.3. The molecular weight excluding hydrogens is 430 g/mol. The predicted molar refractivity (Wildman–Crippen MR) is 142 cm³/mol. The van der Waals surface area contributed by atoms with Crippen molar-refractivity contribution in [3.8, 4) is 0 Å². The average Bonchev–Trinajstić information content (AvgIpc) is 3.28. The summed E-state index contributed by atoms with van der Waals surface area (Å²) in [4.78, 5) is 12.6. The summed E-state index contributed by atoms with van der Waals surface area (Å²) in [5, 5.41) is 4.20. The molecule has 1 saturated heterocycles. The van der Waals surface area contributed by atoms with E-state index in [4.69, 9.17) is 0 Å². The van der Waals surface area contributed by atoms with Gasteiger partial charge in [0, 0.05) is 24.0 Å². The first-order chi connectivity index (χ1) is 15.3. The third kappa shape index (κ3) is 5.22. The van der Waals surface area contributed by atoms with Crippen LogP contribution in [0.1, 0.15) is 108 Å². The van der Waals surface area contributed by atoms with Gasteiger partial charge < -0.3 is 5.32 Å². The Kier molecular flexibility index (Phi) is 7.92. The minimum atomic E-state index is 0.203. The van der Waals surface area contributed by atoms with Crippen LogP contribution in [-0.2, 0) is 16.6 Å². The molecule has 1 aromatic rings. The molecule has 0 spiro atoms. The van der Waals surface area contributed by atoms with E-state index in [-0.39, 0.29) is 16.7 Å². The van der Waals surface area contributed by atoms with Crippen LogP contribution >= 0.6 is 21.6 Å². The van der Waals surface area contributed by atoms with Crippen LogP contribution in [0.4, 0.5) is 0 Å². The summed E-state index contributed by atoms with van der Waals surface area (Å²) in [6, 6.07) is 7.30. The van der Waals surface area contributed by atoms with E-state index >= 15 is 0 Å². The molecule has 0 unspecified atom stereocenters. The van der Waals surface area contributed by atoms with Gasteiger partial charge in [0.15, 0.2) is 0 Å². The standard InChI is InChI=1S/C28H43NOS2/c1-20(2)21-10-12-24-22(18-21)11-13-25-27(3,15-7-16-28(24,25)4)19-29-26(30)9-6-5-8-23-14-17-31-32-23/h10,12,18,20,23,25H,5-9,11,13-17,19H2,1-4H3,(H,29,30)/t23-,25-,27-,28+/m0/s1. The van der Waals surface area contributed by atoms with Crippen molar-refractivity contribution in [3.63, 3.8) is 0 Å². The number of fused-ring (bicyclic) bond motifs is 3. The van der Waals surface area contributed by atoms with Crippen LogP contribution in [0.2, 0.25) is 0 Å².